The van der Waals surface area contributed by atoms with Crippen LogP contribution in [-0.2, 0) is 16.6 Å². The average Bonchev–Trinajstić information content (AvgIpc) is 2.81. The van der Waals surface area contributed by atoms with Gasteiger partial charge in [0.05, 0.1) is 0 Å². The van der Waals surface area contributed by atoms with Crippen molar-refractivity contribution in [2.75, 3.05) is 0 Å². The number of nitrogens with zero attached hydrogens (tertiary/aromatic N) is 1. The van der Waals surface area contributed by atoms with Gasteiger partial charge in [0.2, 0.25) is 10.0 Å². The van der Waals surface area contributed by atoms with Gasteiger partial charge in [0.1, 0.15) is 9.09 Å². The second kappa shape index (κ2) is 5.70. The number of rotatable bonds is 5. The van der Waals surface area contributed by atoms with Crippen LogP contribution in [-0.4, -0.2) is 24.5 Å². The number of carboxylic acid groups (broad SMARTS) is 1. The fourth-order valence-corrected chi connectivity index (χ4v) is 3.99. The van der Waals surface area contributed by atoms with Crippen LogP contribution in [0.25, 0.3) is 0 Å². The van der Waals surface area contributed by atoms with Gasteiger partial charge >= 0.3 is 5.97 Å². The Balaban J connectivity index is 2.18. The summed E-state index contributed by atoms with van der Waals surface area (Å²) in [7, 11) is -3.71. The molecule has 2 aromatic rings. The van der Waals surface area contributed by atoms with E-state index in [-0.39, 0.29) is 15.6 Å². The second-order valence-electron chi connectivity index (χ2n) is 4.06. The zero-order valence-electron chi connectivity index (χ0n) is 10.5. The minimum Gasteiger partial charge on any atom is -0.477 e. The Labute approximate surface area is 120 Å². The highest BCUT2D eigenvalue weighted by Gasteiger charge is 2.21. The molecule has 0 spiro atoms. The van der Waals surface area contributed by atoms with Gasteiger partial charge in [-0.2, -0.15) is 0 Å². The van der Waals surface area contributed by atoms with E-state index in [1.165, 1.54) is 6.07 Å². The van der Waals surface area contributed by atoms with Crippen molar-refractivity contribution in [1.82, 2.24) is 9.71 Å². The first-order chi connectivity index (χ1) is 9.40. The molecule has 0 bridgehead atoms. The molecule has 2 heterocycles. The molecular weight excluding hydrogens is 300 g/mol. The van der Waals surface area contributed by atoms with Gasteiger partial charge in [-0.05, 0) is 36.2 Å². The summed E-state index contributed by atoms with van der Waals surface area (Å²) in [6.45, 7) is 1.70. The molecule has 0 fully saturated rings. The maximum absolute atomic E-state index is 12.1. The summed E-state index contributed by atoms with van der Waals surface area (Å²) >= 11 is 0.747. The van der Waals surface area contributed by atoms with Crippen molar-refractivity contribution in [2.45, 2.75) is 17.7 Å². The van der Waals surface area contributed by atoms with Gasteiger partial charge in [0.15, 0.2) is 0 Å². The molecule has 0 aliphatic rings. The van der Waals surface area contributed by atoms with Gasteiger partial charge in [-0.25, -0.2) is 17.9 Å². The van der Waals surface area contributed by atoms with E-state index in [4.69, 9.17) is 5.11 Å². The van der Waals surface area contributed by atoms with Crippen molar-refractivity contribution in [1.29, 1.82) is 0 Å². The summed E-state index contributed by atoms with van der Waals surface area (Å²) in [6.07, 6.45) is 3.14. The molecule has 0 radical (unpaired) electrons. The Morgan fingerprint density at radius 3 is 2.60 bits per heavy atom. The highest BCUT2D eigenvalue weighted by molar-refractivity contribution is 7.91. The second-order valence-corrected chi connectivity index (χ2v) is 7.11. The lowest BCUT2D eigenvalue weighted by molar-refractivity contribution is 0.0701. The summed E-state index contributed by atoms with van der Waals surface area (Å²) in [6, 6.07) is 4.76. The Bertz CT molecular complexity index is 723. The molecule has 2 N–H and O–H groups in total. The van der Waals surface area contributed by atoms with E-state index in [9.17, 15) is 13.2 Å². The molecule has 0 saturated heterocycles. The number of nitrogens with one attached hydrogen (secondary N) is 1. The van der Waals surface area contributed by atoms with Crippen LogP contribution in [0.3, 0.4) is 0 Å². The van der Waals surface area contributed by atoms with E-state index in [2.05, 4.69) is 9.71 Å². The number of carboxylic acids is 1. The maximum Gasteiger partial charge on any atom is 0.346 e. The molecule has 0 amide bonds. The van der Waals surface area contributed by atoms with Gasteiger partial charge < -0.3 is 5.11 Å². The average molecular weight is 312 g/mol. The third-order valence-electron chi connectivity index (χ3n) is 2.57. The highest BCUT2D eigenvalue weighted by Crippen LogP contribution is 2.25. The predicted octanol–water partition coefficient (Wildman–Crippen LogP) is 1.63. The smallest absolute Gasteiger partial charge is 0.346 e. The molecule has 0 unspecified atom stereocenters. The van der Waals surface area contributed by atoms with Crippen LogP contribution in [0.15, 0.2) is 34.8 Å². The Morgan fingerprint density at radius 1 is 1.40 bits per heavy atom. The van der Waals surface area contributed by atoms with Crippen LogP contribution in [0.2, 0.25) is 0 Å². The van der Waals surface area contributed by atoms with Crippen molar-refractivity contribution in [3.05, 3.63) is 46.6 Å². The molecule has 2 rings (SSSR count). The van der Waals surface area contributed by atoms with E-state index < -0.39 is 16.0 Å². The number of hydrogen-bond acceptors (Lipinski definition) is 5. The fourth-order valence-electron chi connectivity index (χ4n) is 1.55. The summed E-state index contributed by atoms with van der Waals surface area (Å²) in [4.78, 5) is 14.8. The van der Waals surface area contributed by atoms with Crippen molar-refractivity contribution >= 4 is 27.3 Å². The standard InChI is InChI=1S/C12H12N2O4S2/c1-8-6-10(19-11(8)12(15)16)20(17,18)14-7-9-2-4-13-5-3-9/h2-6,14H,7H2,1H3,(H,15,16). The van der Waals surface area contributed by atoms with E-state index in [0.29, 0.717) is 5.56 Å². The van der Waals surface area contributed by atoms with Crippen LogP contribution in [0.4, 0.5) is 0 Å². The minimum absolute atomic E-state index is 0.00135. The molecule has 20 heavy (non-hydrogen) atoms. The molecule has 0 atom stereocenters. The van der Waals surface area contributed by atoms with Gasteiger partial charge in [-0.3, -0.25) is 4.98 Å². The lowest BCUT2D eigenvalue weighted by Gasteiger charge is -2.04. The third-order valence-corrected chi connectivity index (χ3v) is 5.67. The first-order valence-electron chi connectivity index (χ1n) is 5.62. The Morgan fingerprint density at radius 2 is 2.05 bits per heavy atom. The lowest BCUT2D eigenvalue weighted by atomic mass is 10.3. The zero-order chi connectivity index (χ0) is 14.8. The molecule has 0 aliphatic heterocycles. The lowest BCUT2D eigenvalue weighted by Crippen LogP contribution is -2.22. The quantitative estimate of drug-likeness (QED) is 0.874. The molecule has 0 aliphatic carbocycles. The number of sulfonamides is 1. The molecule has 0 aromatic carbocycles. The Kier molecular flexibility index (Phi) is 4.17. The summed E-state index contributed by atoms with van der Waals surface area (Å²) in [5.74, 6) is -1.12. The molecule has 6 nitrogen and oxygen atoms in total. The van der Waals surface area contributed by atoms with Crippen LogP contribution < -0.4 is 4.72 Å². The summed E-state index contributed by atoms with van der Waals surface area (Å²) in [5, 5.41) is 8.94. The van der Waals surface area contributed by atoms with Crippen LogP contribution in [0.1, 0.15) is 20.8 Å². The Hall–Kier alpha value is -1.77. The number of aryl methyl sites for hydroxylation is 1. The number of hydrogen-bond donors (Lipinski definition) is 2. The normalized spacial score (nSPS) is 11.4. The largest absolute Gasteiger partial charge is 0.477 e. The molecule has 8 heteroatoms. The van der Waals surface area contributed by atoms with Crippen molar-refractivity contribution < 1.29 is 18.3 Å². The SMILES string of the molecule is Cc1cc(S(=O)(=O)NCc2ccncc2)sc1C(=O)O. The molecule has 2 aromatic heterocycles. The van der Waals surface area contributed by atoms with E-state index >= 15 is 0 Å². The minimum atomic E-state index is -3.71. The topological polar surface area (TPSA) is 96.4 Å². The van der Waals surface area contributed by atoms with Gasteiger partial charge in [-0.15, -0.1) is 11.3 Å². The number of pyridine rings is 1. The molecular formula is C12H12N2O4S2. The summed E-state index contributed by atoms with van der Waals surface area (Å²) in [5.41, 5.74) is 1.21. The first kappa shape index (κ1) is 14.6. The predicted molar refractivity (Wildman–Crippen MR) is 74.3 cm³/mol. The van der Waals surface area contributed by atoms with Crippen LogP contribution in [0, 0.1) is 6.92 Å². The number of thiophene rings is 1. The zero-order valence-corrected chi connectivity index (χ0v) is 12.2. The number of carbonyl (C=O) groups is 1. The van der Waals surface area contributed by atoms with Gasteiger partial charge in [-0.1, -0.05) is 0 Å². The summed E-state index contributed by atoms with van der Waals surface area (Å²) < 4.78 is 26.6. The van der Waals surface area contributed by atoms with Crippen molar-refractivity contribution in [3.63, 3.8) is 0 Å². The molecule has 0 saturated carbocycles. The first-order valence-corrected chi connectivity index (χ1v) is 7.92. The number of aromatic nitrogens is 1. The van der Waals surface area contributed by atoms with Gasteiger partial charge in [0, 0.05) is 18.9 Å². The molecule has 106 valence electrons. The van der Waals surface area contributed by atoms with E-state index in [1.54, 1.807) is 31.5 Å². The van der Waals surface area contributed by atoms with Gasteiger partial charge in [0.25, 0.3) is 0 Å². The monoisotopic (exact) mass is 312 g/mol. The van der Waals surface area contributed by atoms with E-state index in [1.807, 2.05) is 0 Å². The van der Waals surface area contributed by atoms with Crippen molar-refractivity contribution in [3.8, 4) is 0 Å². The van der Waals surface area contributed by atoms with Crippen LogP contribution in [0.5, 0.6) is 0 Å². The van der Waals surface area contributed by atoms with E-state index in [0.717, 1.165) is 16.9 Å². The van der Waals surface area contributed by atoms with Crippen LogP contribution >= 0.6 is 11.3 Å². The number of aromatic carboxylic acids is 1. The third kappa shape index (κ3) is 3.21. The fraction of sp³-hybridized carbons (Fsp3) is 0.167. The maximum atomic E-state index is 12.1. The van der Waals surface area contributed by atoms with Crippen molar-refractivity contribution in [2.24, 2.45) is 0 Å². The highest BCUT2D eigenvalue weighted by atomic mass is 32.2.